The third kappa shape index (κ3) is 4.82. The number of carbonyl (C=O) groups excluding carboxylic acids is 2. The minimum Gasteiger partial charge on any atom is -0.338 e. The summed E-state index contributed by atoms with van der Waals surface area (Å²) in [6.45, 7) is 2.66. The van der Waals surface area contributed by atoms with Crippen molar-refractivity contribution in [3.63, 3.8) is 0 Å². The number of benzene rings is 2. The van der Waals surface area contributed by atoms with Gasteiger partial charge >= 0.3 is 6.18 Å². The Balaban J connectivity index is 1.55. The van der Waals surface area contributed by atoms with Crippen LogP contribution < -0.4 is 10.9 Å². The topological polar surface area (TPSA) is 61.4 Å². The highest BCUT2D eigenvalue weighted by Gasteiger charge is 2.34. The molecule has 0 unspecified atom stereocenters. The van der Waals surface area contributed by atoms with Crippen molar-refractivity contribution in [1.29, 1.82) is 0 Å². The van der Waals surface area contributed by atoms with Gasteiger partial charge in [-0.2, -0.15) is 13.2 Å². The Bertz CT molecular complexity index is 866. The van der Waals surface area contributed by atoms with Crippen LogP contribution in [0.25, 0.3) is 0 Å². The SMILES string of the molecule is Cc1ccc(CN2C[C@@H](C(=O)NNc3cccc(C(F)(F)F)c3)CC2=O)cc1. The molecule has 0 aromatic heterocycles. The minimum atomic E-state index is -4.46. The van der Waals surface area contributed by atoms with Gasteiger partial charge < -0.3 is 4.90 Å². The van der Waals surface area contributed by atoms with Gasteiger partial charge in [0, 0.05) is 19.5 Å². The number of alkyl halides is 3. The van der Waals surface area contributed by atoms with Crippen LogP contribution in [-0.4, -0.2) is 23.3 Å². The van der Waals surface area contributed by atoms with Gasteiger partial charge in [-0.1, -0.05) is 35.9 Å². The van der Waals surface area contributed by atoms with Gasteiger partial charge in [-0.05, 0) is 30.7 Å². The van der Waals surface area contributed by atoms with E-state index >= 15 is 0 Å². The van der Waals surface area contributed by atoms with Gasteiger partial charge in [0.05, 0.1) is 17.2 Å². The Hall–Kier alpha value is -3.03. The summed E-state index contributed by atoms with van der Waals surface area (Å²) in [4.78, 5) is 26.1. The maximum absolute atomic E-state index is 12.7. The summed E-state index contributed by atoms with van der Waals surface area (Å²) < 4.78 is 38.2. The third-order valence-corrected chi connectivity index (χ3v) is 4.60. The van der Waals surface area contributed by atoms with E-state index in [-0.39, 0.29) is 24.6 Å². The van der Waals surface area contributed by atoms with E-state index in [9.17, 15) is 22.8 Å². The van der Waals surface area contributed by atoms with Crippen LogP contribution in [0.15, 0.2) is 48.5 Å². The smallest absolute Gasteiger partial charge is 0.338 e. The van der Waals surface area contributed by atoms with Crippen LogP contribution in [0.1, 0.15) is 23.1 Å². The number of hydrazine groups is 1. The number of rotatable bonds is 5. The van der Waals surface area contributed by atoms with E-state index in [1.165, 1.54) is 12.1 Å². The number of likely N-dealkylation sites (tertiary alicyclic amines) is 1. The summed E-state index contributed by atoms with van der Waals surface area (Å²) in [5.74, 6) is -1.12. The maximum Gasteiger partial charge on any atom is 0.416 e. The summed E-state index contributed by atoms with van der Waals surface area (Å²) in [7, 11) is 0. The number of nitrogens with zero attached hydrogens (tertiary/aromatic N) is 1. The molecular formula is C20H20F3N3O2. The van der Waals surface area contributed by atoms with Crippen LogP contribution in [-0.2, 0) is 22.3 Å². The summed E-state index contributed by atoms with van der Waals surface area (Å²) in [5.41, 5.74) is 6.28. The monoisotopic (exact) mass is 391 g/mol. The van der Waals surface area contributed by atoms with Crippen LogP contribution >= 0.6 is 0 Å². The predicted molar refractivity (Wildman–Crippen MR) is 97.9 cm³/mol. The molecule has 2 N–H and O–H groups in total. The second-order valence-electron chi connectivity index (χ2n) is 6.85. The molecule has 0 aliphatic carbocycles. The zero-order valence-corrected chi connectivity index (χ0v) is 15.2. The lowest BCUT2D eigenvalue weighted by Gasteiger charge is -2.17. The molecular weight excluding hydrogens is 371 g/mol. The second kappa shape index (κ2) is 7.92. The van der Waals surface area contributed by atoms with Crippen LogP contribution in [0, 0.1) is 12.8 Å². The van der Waals surface area contributed by atoms with Crippen LogP contribution in [0.3, 0.4) is 0 Å². The third-order valence-electron chi connectivity index (χ3n) is 4.60. The minimum absolute atomic E-state index is 0.0714. The Morgan fingerprint density at radius 2 is 1.89 bits per heavy atom. The zero-order valence-electron chi connectivity index (χ0n) is 15.2. The molecule has 28 heavy (non-hydrogen) atoms. The van der Waals surface area contributed by atoms with E-state index in [2.05, 4.69) is 10.9 Å². The molecule has 0 bridgehead atoms. The van der Waals surface area contributed by atoms with Gasteiger partial charge in [0.1, 0.15) is 0 Å². The van der Waals surface area contributed by atoms with E-state index in [0.29, 0.717) is 6.54 Å². The van der Waals surface area contributed by atoms with Crippen molar-refractivity contribution in [1.82, 2.24) is 10.3 Å². The van der Waals surface area contributed by atoms with Crippen LogP contribution in [0.2, 0.25) is 0 Å². The van der Waals surface area contributed by atoms with Gasteiger partial charge in [0.25, 0.3) is 0 Å². The van der Waals surface area contributed by atoms with E-state index in [1.807, 2.05) is 31.2 Å². The summed E-state index contributed by atoms with van der Waals surface area (Å²) in [6, 6.07) is 12.3. The number of nitrogens with one attached hydrogen (secondary N) is 2. The molecule has 1 fully saturated rings. The first kappa shape index (κ1) is 19.7. The molecule has 3 rings (SSSR count). The van der Waals surface area contributed by atoms with Crippen molar-refractivity contribution in [3.8, 4) is 0 Å². The Morgan fingerprint density at radius 1 is 1.18 bits per heavy atom. The van der Waals surface area contributed by atoms with Crippen molar-refractivity contribution in [2.24, 2.45) is 5.92 Å². The molecule has 2 aromatic carbocycles. The maximum atomic E-state index is 12.7. The van der Waals surface area contributed by atoms with Crippen LogP contribution in [0.5, 0.6) is 0 Å². The highest BCUT2D eigenvalue weighted by Crippen LogP contribution is 2.30. The number of carbonyl (C=O) groups is 2. The highest BCUT2D eigenvalue weighted by molar-refractivity contribution is 5.89. The van der Waals surface area contributed by atoms with Gasteiger partial charge in [0.15, 0.2) is 0 Å². The number of aryl methyl sites for hydroxylation is 1. The van der Waals surface area contributed by atoms with Crippen molar-refractivity contribution < 1.29 is 22.8 Å². The average Bonchev–Trinajstić information content (AvgIpc) is 3.02. The lowest BCUT2D eigenvalue weighted by molar-refractivity contribution is -0.137. The number of halogens is 3. The molecule has 0 saturated carbocycles. The molecule has 1 heterocycles. The number of hydrogen-bond acceptors (Lipinski definition) is 3. The molecule has 1 saturated heterocycles. The largest absolute Gasteiger partial charge is 0.416 e. The fraction of sp³-hybridized carbons (Fsp3) is 0.300. The summed E-state index contributed by atoms with van der Waals surface area (Å²) in [5, 5.41) is 0. The van der Waals surface area contributed by atoms with E-state index in [1.54, 1.807) is 4.90 Å². The van der Waals surface area contributed by atoms with Crippen molar-refractivity contribution in [3.05, 3.63) is 65.2 Å². The summed E-state index contributed by atoms with van der Waals surface area (Å²) in [6.07, 6.45) is -4.39. The van der Waals surface area contributed by atoms with Gasteiger partial charge in [-0.25, -0.2) is 0 Å². The first-order chi connectivity index (χ1) is 13.2. The fourth-order valence-electron chi connectivity index (χ4n) is 3.02. The fourth-order valence-corrected chi connectivity index (χ4v) is 3.02. The number of amides is 2. The molecule has 2 amide bonds. The number of hydrogen-bond donors (Lipinski definition) is 2. The summed E-state index contributed by atoms with van der Waals surface area (Å²) >= 11 is 0. The molecule has 5 nitrogen and oxygen atoms in total. The molecule has 1 aliphatic heterocycles. The van der Waals surface area contributed by atoms with E-state index in [0.717, 1.165) is 23.3 Å². The van der Waals surface area contributed by atoms with Gasteiger partial charge in [-0.3, -0.25) is 20.4 Å². The standard InChI is InChI=1S/C20H20F3N3O2/c1-13-5-7-14(8-6-13)11-26-12-15(9-18(26)27)19(28)25-24-17-4-2-3-16(10-17)20(21,22)23/h2-8,10,15,24H,9,11-12H2,1H3,(H,25,28)/t15-/m0/s1. The number of anilines is 1. The van der Waals surface area contributed by atoms with Crippen molar-refractivity contribution in [2.75, 3.05) is 12.0 Å². The molecule has 0 radical (unpaired) electrons. The van der Waals surface area contributed by atoms with Gasteiger partial charge in [-0.15, -0.1) is 0 Å². The lowest BCUT2D eigenvalue weighted by atomic mass is 10.1. The van der Waals surface area contributed by atoms with E-state index in [4.69, 9.17) is 0 Å². The molecule has 0 spiro atoms. The van der Waals surface area contributed by atoms with E-state index < -0.39 is 23.6 Å². The first-order valence-electron chi connectivity index (χ1n) is 8.79. The molecule has 2 aromatic rings. The van der Waals surface area contributed by atoms with Crippen LogP contribution in [0.4, 0.5) is 18.9 Å². The Kier molecular flexibility index (Phi) is 5.58. The lowest BCUT2D eigenvalue weighted by Crippen LogP contribution is -2.36. The quantitative estimate of drug-likeness (QED) is 0.767. The van der Waals surface area contributed by atoms with Gasteiger partial charge in [0.2, 0.25) is 11.8 Å². The second-order valence-corrected chi connectivity index (χ2v) is 6.85. The molecule has 148 valence electrons. The zero-order chi connectivity index (χ0) is 20.3. The predicted octanol–water partition coefficient (Wildman–Crippen LogP) is 3.51. The molecule has 8 heteroatoms. The first-order valence-corrected chi connectivity index (χ1v) is 8.79. The van der Waals surface area contributed by atoms with Crippen molar-refractivity contribution >= 4 is 17.5 Å². The normalized spacial score (nSPS) is 16.9. The van der Waals surface area contributed by atoms with Crippen molar-refractivity contribution in [2.45, 2.75) is 26.1 Å². The molecule has 1 aliphatic rings. The Labute approximate surface area is 160 Å². The average molecular weight is 391 g/mol. The molecule has 1 atom stereocenters. The Morgan fingerprint density at radius 3 is 2.57 bits per heavy atom. The highest BCUT2D eigenvalue weighted by atomic mass is 19.4.